The van der Waals surface area contributed by atoms with Gasteiger partial charge >= 0.3 is 0 Å². The van der Waals surface area contributed by atoms with E-state index in [1.165, 1.54) is 56.9 Å². The van der Waals surface area contributed by atoms with Crippen LogP contribution in [-0.4, -0.2) is 0 Å². The van der Waals surface area contributed by atoms with Crippen LogP contribution in [0.3, 0.4) is 0 Å². The summed E-state index contributed by atoms with van der Waals surface area (Å²) in [4.78, 5) is 0. The fourth-order valence-corrected chi connectivity index (χ4v) is 1.69. The third-order valence-electron chi connectivity index (χ3n) is 2.70. The van der Waals surface area contributed by atoms with Crippen molar-refractivity contribution in [1.82, 2.24) is 0 Å². The largest absolute Gasteiger partial charge is 0.0999 e. The number of rotatable bonds is 9. The molecule has 0 fully saturated rings. The maximum absolute atomic E-state index is 4.15. The van der Waals surface area contributed by atoms with Crippen LogP contribution < -0.4 is 0 Å². The Hall–Kier alpha value is -0.260. The van der Waals surface area contributed by atoms with Crippen molar-refractivity contribution in [3.05, 3.63) is 12.2 Å². The average Bonchev–Trinajstić information content (AvgIpc) is 2.12. The van der Waals surface area contributed by atoms with Gasteiger partial charge in [-0.15, -0.1) is 0 Å². The molecule has 0 heterocycles. The number of allylic oxidation sites excluding steroid dienone is 1. The van der Waals surface area contributed by atoms with Crippen molar-refractivity contribution in [3.63, 3.8) is 0 Å². The Morgan fingerprint density at radius 3 is 2.21 bits per heavy atom. The van der Waals surface area contributed by atoms with E-state index in [1.54, 1.807) is 0 Å². The van der Waals surface area contributed by atoms with E-state index in [4.69, 9.17) is 0 Å². The molecule has 0 unspecified atom stereocenters. The number of hydrogen-bond acceptors (Lipinski definition) is 0. The summed E-state index contributed by atoms with van der Waals surface area (Å²) in [6.07, 6.45) is 10.7. The maximum Gasteiger partial charge on any atom is -0.0323 e. The predicted molar refractivity (Wildman–Crippen MR) is 66.6 cm³/mol. The van der Waals surface area contributed by atoms with Gasteiger partial charge in [0.2, 0.25) is 0 Å². The zero-order valence-corrected chi connectivity index (χ0v) is 10.4. The van der Waals surface area contributed by atoms with Gasteiger partial charge in [0.05, 0.1) is 0 Å². The van der Waals surface area contributed by atoms with Gasteiger partial charge in [-0.05, 0) is 31.6 Å². The van der Waals surface area contributed by atoms with Crippen LogP contribution in [0.2, 0.25) is 0 Å². The van der Waals surface area contributed by atoms with Crippen molar-refractivity contribution in [2.24, 2.45) is 5.92 Å². The molecule has 0 N–H and O–H groups in total. The van der Waals surface area contributed by atoms with Crippen LogP contribution in [0.5, 0.6) is 0 Å². The minimum absolute atomic E-state index is 0.850. The first-order chi connectivity index (χ1) is 6.66. The van der Waals surface area contributed by atoms with Crippen LogP contribution in [-0.2, 0) is 0 Å². The molecular formula is C14H28. The van der Waals surface area contributed by atoms with Crippen LogP contribution in [0.25, 0.3) is 0 Å². The average molecular weight is 196 g/mol. The summed E-state index contributed by atoms with van der Waals surface area (Å²) in [5.74, 6) is 0.850. The van der Waals surface area contributed by atoms with Crippen LogP contribution in [0, 0.1) is 5.92 Å². The molecule has 0 aliphatic rings. The first kappa shape index (κ1) is 13.7. The molecule has 0 saturated carbocycles. The van der Waals surface area contributed by atoms with E-state index >= 15 is 0 Å². The van der Waals surface area contributed by atoms with E-state index < -0.39 is 0 Å². The SMILES string of the molecule is C=C(CCCCCC)CCCC(C)C. The molecule has 0 nitrogen and oxygen atoms in total. The standard InChI is InChI=1S/C14H28/c1-5-6-7-8-11-14(4)12-9-10-13(2)3/h13H,4-12H2,1-3H3. The van der Waals surface area contributed by atoms with E-state index in [1.807, 2.05) is 0 Å². The van der Waals surface area contributed by atoms with Gasteiger partial charge in [-0.3, -0.25) is 0 Å². The summed E-state index contributed by atoms with van der Waals surface area (Å²) in [6.45, 7) is 11.0. The Morgan fingerprint density at radius 2 is 1.64 bits per heavy atom. The van der Waals surface area contributed by atoms with E-state index in [0.29, 0.717) is 0 Å². The van der Waals surface area contributed by atoms with Crippen molar-refractivity contribution in [1.29, 1.82) is 0 Å². The maximum atomic E-state index is 4.15. The highest BCUT2D eigenvalue weighted by atomic mass is 14.0. The van der Waals surface area contributed by atoms with Gasteiger partial charge in [-0.25, -0.2) is 0 Å². The fourth-order valence-electron chi connectivity index (χ4n) is 1.69. The topological polar surface area (TPSA) is 0 Å². The van der Waals surface area contributed by atoms with Crippen LogP contribution in [0.1, 0.15) is 72.1 Å². The Balaban J connectivity index is 3.20. The molecule has 0 aromatic heterocycles. The second kappa shape index (κ2) is 9.30. The van der Waals surface area contributed by atoms with E-state index in [-0.39, 0.29) is 0 Å². The van der Waals surface area contributed by atoms with Crippen molar-refractivity contribution >= 4 is 0 Å². The zero-order valence-electron chi connectivity index (χ0n) is 10.4. The highest BCUT2D eigenvalue weighted by molar-refractivity contribution is 4.93. The fraction of sp³-hybridized carbons (Fsp3) is 0.857. The van der Waals surface area contributed by atoms with E-state index in [9.17, 15) is 0 Å². The quantitative estimate of drug-likeness (QED) is 0.345. The van der Waals surface area contributed by atoms with Gasteiger partial charge in [-0.1, -0.05) is 58.6 Å². The third-order valence-corrected chi connectivity index (χ3v) is 2.70. The molecule has 84 valence electrons. The molecule has 0 amide bonds. The lowest BCUT2D eigenvalue weighted by atomic mass is 10.00. The van der Waals surface area contributed by atoms with Crippen molar-refractivity contribution in [3.8, 4) is 0 Å². The number of unbranched alkanes of at least 4 members (excludes halogenated alkanes) is 3. The van der Waals surface area contributed by atoms with Gasteiger partial charge in [0, 0.05) is 0 Å². The molecule has 0 saturated heterocycles. The molecule has 0 radical (unpaired) electrons. The van der Waals surface area contributed by atoms with Crippen molar-refractivity contribution in [2.75, 3.05) is 0 Å². The zero-order chi connectivity index (χ0) is 10.8. The van der Waals surface area contributed by atoms with Crippen LogP contribution >= 0.6 is 0 Å². The molecule has 0 aromatic carbocycles. The second-order valence-electron chi connectivity index (χ2n) is 4.85. The highest BCUT2D eigenvalue weighted by Crippen LogP contribution is 2.16. The van der Waals surface area contributed by atoms with Crippen molar-refractivity contribution in [2.45, 2.75) is 72.1 Å². The Morgan fingerprint density at radius 1 is 1.00 bits per heavy atom. The van der Waals surface area contributed by atoms with Crippen LogP contribution in [0.4, 0.5) is 0 Å². The lowest BCUT2D eigenvalue weighted by Gasteiger charge is -2.07. The first-order valence-corrected chi connectivity index (χ1v) is 6.33. The smallest absolute Gasteiger partial charge is 0.0323 e. The summed E-state index contributed by atoms with van der Waals surface area (Å²) in [5, 5.41) is 0. The van der Waals surface area contributed by atoms with Crippen LogP contribution in [0.15, 0.2) is 12.2 Å². The third kappa shape index (κ3) is 9.83. The normalized spacial score (nSPS) is 10.9. The summed E-state index contributed by atoms with van der Waals surface area (Å²) in [7, 11) is 0. The number of hydrogen-bond donors (Lipinski definition) is 0. The Bertz CT molecular complexity index is 133. The van der Waals surface area contributed by atoms with Gasteiger partial charge in [-0.2, -0.15) is 0 Å². The Kier molecular flexibility index (Phi) is 9.13. The van der Waals surface area contributed by atoms with Gasteiger partial charge in [0.25, 0.3) is 0 Å². The molecule has 0 aromatic rings. The second-order valence-corrected chi connectivity index (χ2v) is 4.85. The lowest BCUT2D eigenvalue weighted by molar-refractivity contribution is 0.547. The minimum atomic E-state index is 0.850. The minimum Gasteiger partial charge on any atom is -0.0999 e. The molecule has 0 bridgehead atoms. The van der Waals surface area contributed by atoms with Crippen molar-refractivity contribution < 1.29 is 0 Å². The molecule has 0 aliphatic heterocycles. The Labute approximate surface area is 90.8 Å². The lowest BCUT2D eigenvalue weighted by Crippen LogP contribution is -1.89. The van der Waals surface area contributed by atoms with Gasteiger partial charge in [0.1, 0.15) is 0 Å². The predicted octanol–water partition coefficient (Wildman–Crippen LogP) is 5.34. The highest BCUT2D eigenvalue weighted by Gasteiger charge is 1.97. The van der Waals surface area contributed by atoms with Gasteiger partial charge in [0.15, 0.2) is 0 Å². The molecule has 0 rings (SSSR count). The summed E-state index contributed by atoms with van der Waals surface area (Å²) >= 11 is 0. The molecule has 14 heavy (non-hydrogen) atoms. The monoisotopic (exact) mass is 196 g/mol. The molecule has 0 aliphatic carbocycles. The molecular weight excluding hydrogens is 168 g/mol. The van der Waals surface area contributed by atoms with E-state index in [0.717, 1.165) is 5.92 Å². The van der Waals surface area contributed by atoms with Gasteiger partial charge < -0.3 is 0 Å². The molecule has 0 atom stereocenters. The van der Waals surface area contributed by atoms with E-state index in [2.05, 4.69) is 27.4 Å². The molecule has 0 spiro atoms. The summed E-state index contributed by atoms with van der Waals surface area (Å²) in [6, 6.07) is 0. The molecule has 0 heteroatoms. The summed E-state index contributed by atoms with van der Waals surface area (Å²) in [5.41, 5.74) is 1.47. The summed E-state index contributed by atoms with van der Waals surface area (Å²) < 4.78 is 0. The first-order valence-electron chi connectivity index (χ1n) is 6.33.